The number of aromatic amines is 2. The van der Waals surface area contributed by atoms with E-state index in [2.05, 4.69) is 40.2 Å². The molecule has 8 heterocycles. The average molecular weight is 1510 g/mol. The summed E-state index contributed by atoms with van der Waals surface area (Å²) in [4.78, 5) is 97.7. The van der Waals surface area contributed by atoms with Gasteiger partial charge in [0.05, 0.1) is 23.9 Å². The number of aromatic nitrogens is 8. The number of aliphatic hydroxyl groups excluding tert-OH is 1. The summed E-state index contributed by atoms with van der Waals surface area (Å²) in [7, 11) is 0. The largest absolute Gasteiger partial charge is 0.476 e. The van der Waals surface area contributed by atoms with Crippen LogP contribution in [-0.2, 0) is 54.5 Å². The standard InChI is InChI=1S/C18H18F3N5O2.C14H24F3NO4.C13H11N5O3.C11H20O4.C4H8F3N.C4H7F3O.2CH4/c19-18(20,21)6-2-1-3-13(27)15-12-9-26(8-5-14(12)28-25-15)17-11-4-7-22-16(11)23-10-24-17;1-12(2,3)21-10(19)18(9-7-8-14(15,16)17)11(20)22-13(4,5)6;19-13(20)10-8-5-18(4-2-9(8)21-17-10)12-7-1-3-14-11(7)15-6-16-12;1-10(2,3)14-8(12)7-9(13)15-11(4,5)6;2*5-4(6,7)2-1-3-8;;/h4,7,10H,1-3,5-6,8-9H2,(H,22,23,24);7-9H2,1-6H3;1,3,6H,2,4-5H2,(H,19,20)(H,14,15,16);7H2,1-6H3;1-3,8H2;8H,1-3H2;2*1H4. The smallest absolute Gasteiger partial charge is 0.419 e. The van der Waals surface area contributed by atoms with Gasteiger partial charge in [-0.1, -0.05) is 25.2 Å². The molecule has 588 valence electrons. The first-order chi connectivity index (χ1) is 46.9. The van der Waals surface area contributed by atoms with Crippen LogP contribution in [0.15, 0.2) is 46.2 Å². The molecule has 0 atom stereocenters. The van der Waals surface area contributed by atoms with Crippen molar-refractivity contribution >= 4 is 69.6 Å². The Bertz CT molecular complexity index is 3560. The lowest BCUT2D eigenvalue weighted by molar-refractivity contribution is -0.166. The van der Waals surface area contributed by atoms with E-state index in [1.165, 1.54) is 12.7 Å². The van der Waals surface area contributed by atoms with Gasteiger partial charge in [-0.3, -0.25) is 14.4 Å². The SMILES string of the molecule is C.C.CC(C)(C)OC(=O)CC(=O)OC(C)(C)C.CC(C)(C)OC(=O)N(CCCC(F)(F)F)C(=O)OC(C)(C)C.NCCCC(F)(F)F.O=C(CCCCC(F)(F)F)c1noc2c1CN(c1ncnc3[nH]ccc13)CC2.O=C(O)c1noc2c1CN(c1ncnc3[nH]ccc13)CC2.OCCCC(F)(F)F. The Labute approximate surface area is 593 Å². The Morgan fingerprint density at radius 3 is 1.27 bits per heavy atom. The van der Waals surface area contributed by atoms with Gasteiger partial charge in [-0.05, 0) is 134 Å². The van der Waals surface area contributed by atoms with Crippen LogP contribution < -0.4 is 15.5 Å². The maximum Gasteiger partial charge on any atom is 0.419 e. The molecule has 0 aliphatic carbocycles. The van der Waals surface area contributed by atoms with E-state index in [-0.39, 0.29) is 83.7 Å². The molecule has 38 heteroatoms. The maximum absolute atomic E-state index is 12.5. The number of rotatable bonds is 17. The molecule has 0 saturated heterocycles. The fourth-order valence-electron chi connectivity index (χ4n) is 8.90. The van der Waals surface area contributed by atoms with Gasteiger partial charge in [0, 0.05) is 94.7 Å². The Hall–Kier alpha value is -8.84. The predicted octanol–water partition coefficient (Wildman–Crippen LogP) is 15.5. The Morgan fingerprint density at radius 1 is 0.538 bits per heavy atom. The molecule has 2 aliphatic rings. The number of amides is 2. The number of nitrogens with two attached hydrogens (primary N) is 1. The van der Waals surface area contributed by atoms with Crippen LogP contribution in [0.4, 0.5) is 73.9 Å². The van der Waals surface area contributed by atoms with Crippen LogP contribution in [0.2, 0.25) is 0 Å². The lowest BCUT2D eigenvalue weighted by atomic mass is 10.0. The Morgan fingerprint density at radius 2 is 0.913 bits per heavy atom. The first kappa shape index (κ1) is 93.2. The van der Waals surface area contributed by atoms with Crippen molar-refractivity contribution in [2.45, 2.75) is 242 Å². The van der Waals surface area contributed by atoms with Crippen molar-refractivity contribution in [3.8, 4) is 0 Å². The van der Waals surface area contributed by atoms with Crippen LogP contribution in [0.25, 0.3) is 22.1 Å². The number of imide groups is 1. The number of alkyl halides is 12. The third-order valence-corrected chi connectivity index (χ3v) is 13.0. The average Bonchev–Trinajstić information content (AvgIpc) is 1.60. The quantitative estimate of drug-likeness (QED) is 0.0141. The molecule has 0 bridgehead atoms. The topological polar surface area (TPSA) is 351 Å². The van der Waals surface area contributed by atoms with E-state index in [1.807, 2.05) is 21.9 Å². The number of esters is 2. The zero-order valence-corrected chi connectivity index (χ0v) is 58.5. The number of carbonyl (C=O) groups is 6. The number of hydrogen-bond acceptors (Lipinski definition) is 22. The second-order valence-electron chi connectivity index (χ2n) is 26.8. The number of nitrogens with one attached hydrogen (secondary N) is 2. The fourth-order valence-corrected chi connectivity index (χ4v) is 8.90. The van der Waals surface area contributed by atoms with E-state index in [9.17, 15) is 81.5 Å². The van der Waals surface area contributed by atoms with Crippen molar-refractivity contribution in [1.82, 2.24) is 45.1 Å². The number of halogens is 12. The van der Waals surface area contributed by atoms with Gasteiger partial charge in [0.25, 0.3) is 0 Å². The Kier molecular flexibility index (Phi) is 36.2. The van der Waals surface area contributed by atoms with Crippen molar-refractivity contribution in [2.75, 3.05) is 42.6 Å². The second kappa shape index (κ2) is 40.4. The van der Waals surface area contributed by atoms with E-state index in [0.717, 1.165) is 33.7 Å². The number of carboxylic acid groups (broad SMARTS) is 1. The number of Topliss-reactive ketones (excluding diaryl/α,β-unsaturated/α-hetero) is 1. The number of ether oxygens (including phenoxy) is 4. The molecule has 0 aromatic carbocycles. The number of carboxylic acids is 1. The van der Waals surface area contributed by atoms with Gasteiger partial charge < -0.3 is 63.7 Å². The van der Waals surface area contributed by atoms with Crippen LogP contribution in [0.3, 0.4) is 0 Å². The van der Waals surface area contributed by atoms with Crippen molar-refractivity contribution in [2.24, 2.45) is 5.73 Å². The highest BCUT2D eigenvalue weighted by Gasteiger charge is 2.36. The van der Waals surface area contributed by atoms with Crippen LogP contribution in [0, 0.1) is 0 Å². The number of carbonyl (C=O) groups excluding carboxylic acids is 5. The number of H-pyrrole nitrogens is 2. The number of nitrogens with zero attached hydrogens (tertiary/aromatic N) is 9. The molecule has 2 aliphatic heterocycles. The summed E-state index contributed by atoms with van der Waals surface area (Å²) in [5.41, 5.74) is 4.94. The van der Waals surface area contributed by atoms with Crippen LogP contribution >= 0.6 is 0 Å². The summed E-state index contributed by atoms with van der Waals surface area (Å²) in [6.45, 7) is 21.5. The summed E-state index contributed by atoms with van der Waals surface area (Å²) in [5, 5.41) is 26.4. The normalized spacial score (nSPS) is 13.1. The lowest BCUT2D eigenvalue weighted by Crippen LogP contribution is -2.44. The first-order valence-corrected chi connectivity index (χ1v) is 31.9. The Balaban J connectivity index is 0.000000653. The molecular formula is C66H96F12N12O14. The highest BCUT2D eigenvalue weighted by Crippen LogP contribution is 2.33. The van der Waals surface area contributed by atoms with Gasteiger partial charge in [-0.15, -0.1) is 0 Å². The molecule has 0 spiro atoms. The molecule has 6 N–H and O–H groups in total. The highest BCUT2D eigenvalue weighted by molar-refractivity contribution is 5.96. The number of unbranched alkanes of at least 4 members (excludes halogenated alkanes) is 1. The van der Waals surface area contributed by atoms with Gasteiger partial charge in [0.15, 0.2) is 17.2 Å². The van der Waals surface area contributed by atoms with E-state index >= 15 is 0 Å². The minimum atomic E-state index is -4.35. The van der Waals surface area contributed by atoms with Gasteiger partial charge in [0.1, 0.15) is 75.9 Å². The minimum Gasteiger partial charge on any atom is -0.476 e. The van der Waals surface area contributed by atoms with Gasteiger partial charge in [0.2, 0.25) is 0 Å². The van der Waals surface area contributed by atoms with Gasteiger partial charge >= 0.3 is 54.8 Å². The van der Waals surface area contributed by atoms with Crippen molar-refractivity contribution < 1.29 is 120 Å². The lowest BCUT2D eigenvalue weighted by Gasteiger charge is -2.28. The summed E-state index contributed by atoms with van der Waals surface area (Å²) < 4.78 is 171. The number of ketones is 1. The van der Waals surface area contributed by atoms with Crippen molar-refractivity contribution in [3.63, 3.8) is 0 Å². The molecule has 26 nitrogen and oxygen atoms in total. The minimum absolute atomic E-state index is 0. The summed E-state index contributed by atoms with van der Waals surface area (Å²) in [5.74, 6) is 0.344. The molecular weight excluding hydrogens is 1410 g/mol. The van der Waals surface area contributed by atoms with E-state index < -0.39 is 116 Å². The molecule has 2 amide bonds. The zero-order valence-electron chi connectivity index (χ0n) is 58.5. The molecule has 104 heavy (non-hydrogen) atoms. The zero-order chi connectivity index (χ0) is 77.4. The first-order valence-electron chi connectivity index (χ1n) is 31.9. The molecule has 8 rings (SSSR count). The number of anilines is 2. The van der Waals surface area contributed by atoms with E-state index in [0.29, 0.717) is 66.6 Å². The number of aromatic carboxylic acids is 1. The fraction of sp³-hybridized carbons (Fsp3) is 0.636. The monoisotopic (exact) mass is 1510 g/mol. The van der Waals surface area contributed by atoms with Crippen molar-refractivity contribution in [1.29, 1.82) is 0 Å². The van der Waals surface area contributed by atoms with Crippen molar-refractivity contribution in [3.05, 3.63) is 71.2 Å². The van der Waals surface area contributed by atoms with Crippen LogP contribution in [0.1, 0.15) is 212 Å². The molecule has 0 radical (unpaired) electrons. The van der Waals surface area contributed by atoms with Gasteiger partial charge in [-0.25, -0.2) is 39.2 Å². The molecule has 0 fully saturated rings. The molecule has 0 saturated carbocycles. The van der Waals surface area contributed by atoms with E-state index in [1.54, 1.807) is 95.5 Å². The third kappa shape index (κ3) is 36.0. The summed E-state index contributed by atoms with van der Waals surface area (Å²) >= 11 is 0. The highest BCUT2D eigenvalue weighted by atomic mass is 19.4. The molecule has 0 unspecified atom stereocenters. The number of hydrogen-bond donors (Lipinski definition) is 5. The maximum atomic E-state index is 12.5. The predicted molar refractivity (Wildman–Crippen MR) is 357 cm³/mol. The van der Waals surface area contributed by atoms with Gasteiger partial charge in [-0.2, -0.15) is 52.7 Å². The number of aliphatic hydroxyl groups is 1. The molecule has 6 aromatic heterocycles. The summed E-state index contributed by atoms with van der Waals surface area (Å²) in [6.07, 6.45) is -15.4. The van der Waals surface area contributed by atoms with E-state index in [4.69, 9.17) is 43.9 Å². The number of fused-ring (bicyclic) bond motifs is 4. The molecule has 6 aromatic rings. The second-order valence-corrected chi connectivity index (χ2v) is 26.8. The van der Waals surface area contributed by atoms with Crippen LogP contribution in [0.5, 0.6) is 0 Å². The third-order valence-electron chi connectivity index (χ3n) is 13.0. The van der Waals surface area contributed by atoms with Crippen LogP contribution in [-0.4, -0.2) is 171 Å². The summed E-state index contributed by atoms with van der Waals surface area (Å²) in [6, 6.07) is 3.80.